The summed E-state index contributed by atoms with van der Waals surface area (Å²) in [5.74, 6) is -0.0567. The van der Waals surface area contributed by atoms with Crippen molar-refractivity contribution in [2.75, 3.05) is 20.1 Å². The van der Waals surface area contributed by atoms with Gasteiger partial charge in [0.25, 0.3) is 0 Å². The minimum absolute atomic E-state index is 0.0174. The summed E-state index contributed by atoms with van der Waals surface area (Å²) in [5.41, 5.74) is 0. The van der Waals surface area contributed by atoms with Gasteiger partial charge < -0.3 is 9.47 Å². The number of rotatable bonds is 1. The van der Waals surface area contributed by atoms with Crippen LogP contribution >= 0.6 is 0 Å². The first-order chi connectivity index (χ1) is 4.34. The first kappa shape index (κ1) is 6.96. The highest BCUT2D eigenvalue weighted by Gasteiger charge is 2.21. The molecular weight excluding hydrogens is 123 g/mol. The van der Waals surface area contributed by atoms with Crippen LogP contribution in [0.1, 0.15) is 6.92 Å². The SMILES string of the molecule is CC1OCOCC1CF. The van der Waals surface area contributed by atoms with Crippen LogP contribution in [0.5, 0.6) is 0 Å². The van der Waals surface area contributed by atoms with Crippen LogP contribution in [0.15, 0.2) is 0 Å². The molecule has 1 heterocycles. The van der Waals surface area contributed by atoms with Crippen molar-refractivity contribution in [3.8, 4) is 0 Å². The average Bonchev–Trinajstić information content (AvgIpc) is 1.89. The average molecular weight is 134 g/mol. The molecule has 0 aliphatic carbocycles. The fourth-order valence-corrected chi connectivity index (χ4v) is 0.797. The van der Waals surface area contributed by atoms with Crippen LogP contribution in [0, 0.1) is 5.92 Å². The van der Waals surface area contributed by atoms with Gasteiger partial charge in [-0.25, -0.2) is 0 Å². The number of hydrogen-bond acceptors (Lipinski definition) is 2. The van der Waals surface area contributed by atoms with Crippen LogP contribution < -0.4 is 0 Å². The van der Waals surface area contributed by atoms with Crippen molar-refractivity contribution in [2.45, 2.75) is 13.0 Å². The molecule has 0 radical (unpaired) electrons. The molecule has 1 aliphatic rings. The molecule has 1 aliphatic heterocycles. The zero-order valence-electron chi connectivity index (χ0n) is 5.47. The predicted octanol–water partition coefficient (Wildman–Crippen LogP) is 0.965. The third kappa shape index (κ3) is 1.63. The van der Waals surface area contributed by atoms with Crippen LogP contribution in [0.3, 0.4) is 0 Å². The van der Waals surface area contributed by atoms with Crippen molar-refractivity contribution in [3.05, 3.63) is 0 Å². The molecule has 1 rings (SSSR count). The number of halogens is 1. The van der Waals surface area contributed by atoms with E-state index < -0.39 is 0 Å². The van der Waals surface area contributed by atoms with Crippen molar-refractivity contribution in [3.63, 3.8) is 0 Å². The summed E-state index contributed by atoms with van der Waals surface area (Å²) in [6.45, 7) is 2.34. The molecule has 3 heteroatoms. The Labute approximate surface area is 54.0 Å². The van der Waals surface area contributed by atoms with Gasteiger partial charge >= 0.3 is 0 Å². The summed E-state index contributed by atoms with van der Waals surface area (Å²) < 4.78 is 21.9. The lowest BCUT2D eigenvalue weighted by Gasteiger charge is -2.26. The van der Waals surface area contributed by atoms with Crippen molar-refractivity contribution in [1.82, 2.24) is 0 Å². The Hall–Kier alpha value is -0.150. The fourth-order valence-electron chi connectivity index (χ4n) is 0.797. The van der Waals surface area contributed by atoms with Crippen LogP contribution in [0.2, 0.25) is 0 Å². The van der Waals surface area contributed by atoms with Crippen LogP contribution in [-0.2, 0) is 9.47 Å². The largest absolute Gasteiger partial charge is 0.355 e. The van der Waals surface area contributed by atoms with E-state index in [0.29, 0.717) is 13.4 Å². The van der Waals surface area contributed by atoms with Gasteiger partial charge in [-0.15, -0.1) is 0 Å². The Kier molecular flexibility index (Phi) is 2.42. The highest BCUT2D eigenvalue weighted by Crippen LogP contribution is 2.13. The molecule has 0 aromatic carbocycles. The second kappa shape index (κ2) is 3.13. The van der Waals surface area contributed by atoms with Crippen LogP contribution in [-0.4, -0.2) is 26.2 Å². The van der Waals surface area contributed by atoms with Crippen molar-refractivity contribution in [1.29, 1.82) is 0 Å². The van der Waals surface area contributed by atoms with Gasteiger partial charge in [0.15, 0.2) is 0 Å². The maximum absolute atomic E-state index is 12.0. The van der Waals surface area contributed by atoms with Crippen molar-refractivity contribution in [2.24, 2.45) is 5.92 Å². The molecule has 0 amide bonds. The van der Waals surface area contributed by atoms with Gasteiger partial charge in [-0.05, 0) is 6.92 Å². The molecule has 0 N–H and O–H groups in total. The molecule has 2 nitrogen and oxygen atoms in total. The van der Waals surface area contributed by atoms with Crippen LogP contribution in [0.4, 0.5) is 4.39 Å². The van der Waals surface area contributed by atoms with Gasteiger partial charge in [0, 0.05) is 5.92 Å². The molecule has 54 valence electrons. The Bertz CT molecular complexity index is 87.1. The van der Waals surface area contributed by atoms with E-state index in [-0.39, 0.29) is 18.7 Å². The third-order valence-corrected chi connectivity index (χ3v) is 1.61. The lowest BCUT2D eigenvalue weighted by Crippen LogP contribution is -2.33. The van der Waals surface area contributed by atoms with Gasteiger partial charge in [0.05, 0.1) is 19.4 Å². The van der Waals surface area contributed by atoms with Gasteiger partial charge in [-0.1, -0.05) is 0 Å². The smallest absolute Gasteiger partial charge is 0.147 e. The fraction of sp³-hybridized carbons (Fsp3) is 1.00. The molecule has 0 spiro atoms. The lowest BCUT2D eigenvalue weighted by atomic mass is 10.1. The van der Waals surface area contributed by atoms with Gasteiger partial charge in [-0.2, -0.15) is 0 Å². The third-order valence-electron chi connectivity index (χ3n) is 1.61. The monoisotopic (exact) mass is 134 g/mol. The van der Waals surface area contributed by atoms with Crippen LogP contribution in [0.25, 0.3) is 0 Å². The highest BCUT2D eigenvalue weighted by molar-refractivity contribution is 4.66. The normalized spacial score (nSPS) is 36.7. The summed E-state index contributed by atoms with van der Waals surface area (Å²) in [5, 5.41) is 0. The molecule has 1 saturated heterocycles. The molecule has 0 saturated carbocycles. The molecule has 9 heavy (non-hydrogen) atoms. The van der Waals surface area contributed by atoms with Crippen molar-refractivity contribution < 1.29 is 13.9 Å². The van der Waals surface area contributed by atoms with E-state index in [2.05, 4.69) is 0 Å². The summed E-state index contributed by atoms with van der Waals surface area (Å²) >= 11 is 0. The predicted molar refractivity (Wildman–Crippen MR) is 30.8 cm³/mol. The van der Waals surface area contributed by atoms with E-state index in [0.717, 1.165) is 0 Å². The minimum atomic E-state index is -0.346. The molecule has 0 aromatic heterocycles. The van der Waals surface area contributed by atoms with Gasteiger partial charge in [0.1, 0.15) is 6.79 Å². The van der Waals surface area contributed by atoms with E-state index >= 15 is 0 Å². The first-order valence-electron chi connectivity index (χ1n) is 3.10. The zero-order chi connectivity index (χ0) is 6.69. The standard InChI is InChI=1S/C6H11FO2/c1-5-6(2-7)3-8-4-9-5/h5-6H,2-4H2,1H3. The summed E-state index contributed by atoms with van der Waals surface area (Å²) in [7, 11) is 0. The summed E-state index contributed by atoms with van der Waals surface area (Å²) in [6, 6.07) is 0. The molecule has 0 bridgehead atoms. The van der Waals surface area contributed by atoms with E-state index in [1.54, 1.807) is 0 Å². The van der Waals surface area contributed by atoms with Crippen molar-refractivity contribution >= 4 is 0 Å². The highest BCUT2D eigenvalue weighted by atomic mass is 19.1. The second-order valence-electron chi connectivity index (χ2n) is 2.27. The van der Waals surface area contributed by atoms with E-state index in [1.807, 2.05) is 6.92 Å². The Morgan fingerprint density at radius 2 is 2.44 bits per heavy atom. The summed E-state index contributed by atoms with van der Waals surface area (Å²) in [4.78, 5) is 0. The second-order valence-corrected chi connectivity index (χ2v) is 2.27. The first-order valence-corrected chi connectivity index (χ1v) is 3.10. The van der Waals surface area contributed by atoms with Gasteiger partial charge in [0.2, 0.25) is 0 Å². The maximum Gasteiger partial charge on any atom is 0.147 e. The lowest BCUT2D eigenvalue weighted by molar-refractivity contribution is -0.166. The molecule has 2 atom stereocenters. The van der Waals surface area contributed by atoms with E-state index in [1.165, 1.54) is 0 Å². The summed E-state index contributed by atoms with van der Waals surface area (Å²) in [6.07, 6.45) is 0.0174. The maximum atomic E-state index is 12.0. The molecular formula is C6H11FO2. The number of ether oxygens (including phenoxy) is 2. The Morgan fingerprint density at radius 1 is 1.67 bits per heavy atom. The topological polar surface area (TPSA) is 18.5 Å². The molecule has 2 unspecified atom stereocenters. The molecule has 0 aromatic rings. The molecule has 1 fully saturated rings. The minimum Gasteiger partial charge on any atom is -0.355 e. The zero-order valence-corrected chi connectivity index (χ0v) is 5.47. The Balaban J connectivity index is 2.30. The quantitative estimate of drug-likeness (QED) is 0.532. The number of hydrogen-bond donors (Lipinski definition) is 0. The number of alkyl halides is 1. The Morgan fingerprint density at radius 3 is 2.89 bits per heavy atom. The van der Waals surface area contributed by atoms with Gasteiger partial charge in [-0.3, -0.25) is 4.39 Å². The van der Waals surface area contributed by atoms with E-state index in [4.69, 9.17) is 9.47 Å². The van der Waals surface area contributed by atoms with E-state index in [9.17, 15) is 4.39 Å².